The van der Waals surface area contributed by atoms with Gasteiger partial charge in [0.2, 0.25) is 5.91 Å². The Morgan fingerprint density at radius 1 is 1.32 bits per heavy atom. The van der Waals surface area contributed by atoms with E-state index in [9.17, 15) is 9.59 Å². The Bertz CT molecular complexity index is 721. The molecule has 1 saturated carbocycles. The van der Waals surface area contributed by atoms with Gasteiger partial charge < -0.3 is 20.1 Å². The third kappa shape index (κ3) is 3.81. The predicted molar refractivity (Wildman–Crippen MR) is 105 cm³/mol. The Morgan fingerprint density at radius 3 is 2.71 bits per heavy atom. The quantitative estimate of drug-likeness (QED) is 0.809. The van der Waals surface area contributed by atoms with Gasteiger partial charge in [-0.3, -0.25) is 9.59 Å². The molecule has 0 bridgehead atoms. The maximum Gasteiger partial charge on any atom is 0.273 e. The van der Waals surface area contributed by atoms with Gasteiger partial charge in [0.05, 0.1) is 5.41 Å². The summed E-state index contributed by atoms with van der Waals surface area (Å²) < 4.78 is 5.29. The molecule has 3 aliphatic rings. The van der Waals surface area contributed by atoms with Crippen molar-refractivity contribution < 1.29 is 14.1 Å². The second-order valence-corrected chi connectivity index (χ2v) is 8.82. The molecule has 4 rings (SSSR count). The molecule has 154 valence electrons. The summed E-state index contributed by atoms with van der Waals surface area (Å²) in [6.07, 6.45) is 6.54. The van der Waals surface area contributed by atoms with E-state index >= 15 is 0 Å². The van der Waals surface area contributed by atoms with Crippen molar-refractivity contribution in [3.05, 3.63) is 17.5 Å². The van der Waals surface area contributed by atoms with Gasteiger partial charge in [0.15, 0.2) is 5.69 Å². The van der Waals surface area contributed by atoms with Gasteiger partial charge in [0.25, 0.3) is 5.91 Å². The Labute approximate surface area is 166 Å². The average molecular weight is 389 g/mol. The molecular weight excluding hydrogens is 356 g/mol. The smallest absolute Gasteiger partial charge is 0.273 e. The standard InChI is InChI=1S/C21H32N4O3/c1-3-21(7-9-22-10-8-21)20(27)25-11-6-16(12-14(25)2)23-19(26)17-13-18(28-24-17)15-4-5-15/h13-16,22H,3-12H2,1-2H3,(H,23,26)/t14-,16?/m0/s1. The number of hydrogen-bond acceptors (Lipinski definition) is 5. The molecule has 2 atom stereocenters. The maximum absolute atomic E-state index is 13.3. The number of aromatic nitrogens is 1. The number of amides is 2. The van der Waals surface area contributed by atoms with Gasteiger partial charge in [-0.2, -0.15) is 0 Å². The van der Waals surface area contributed by atoms with Gasteiger partial charge in [-0.25, -0.2) is 0 Å². The van der Waals surface area contributed by atoms with Crippen molar-refractivity contribution in [2.24, 2.45) is 5.41 Å². The SMILES string of the molecule is CCC1(C(=O)N2CCC(NC(=O)c3cc(C4CC4)on3)C[C@@H]2C)CCNCC1. The van der Waals surface area contributed by atoms with Crippen LogP contribution in [-0.4, -0.2) is 53.6 Å². The number of rotatable bonds is 5. The highest BCUT2D eigenvalue weighted by Gasteiger charge is 2.43. The summed E-state index contributed by atoms with van der Waals surface area (Å²) >= 11 is 0. The summed E-state index contributed by atoms with van der Waals surface area (Å²) in [6, 6.07) is 1.97. The van der Waals surface area contributed by atoms with Gasteiger partial charge in [-0.15, -0.1) is 0 Å². The Kier molecular flexibility index (Phi) is 5.45. The van der Waals surface area contributed by atoms with Crippen LogP contribution < -0.4 is 10.6 Å². The number of likely N-dealkylation sites (tertiary alicyclic amines) is 1. The van der Waals surface area contributed by atoms with Crippen LogP contribution in [0.3, 0.4) is 0 Å². The lowest BCUT2D eigenvalue weighted by atomic mass is 9.74. The number of nitrogens with one attached hydrogen (secondary N) is 2. The minimum absolute atomic E-state index is 0.0678. The third-order valence-electron chi connectivity index (χ3n) is 6.90. The normalized spacial score (nSPS) is 27.4. The molecule has 1 unspecified atom stereocenters. The fourth-order valence-corrected chi connectivity index (χ4v) is 4.75. The lowest BCUT2D eigenvalue weighted by Gasteiger charge is -2.45. The minimum atomic E-state index is -0.213. The molecule has 1 aliphatic carbocycles. The van der Waals surface area contributed by atoms with E-state index in [1.165, 1.54) is 0 Å². The van der Waals surface area contributed by atoms with Crippen molar-refractivity contribution in [2.75, 3.05) is 19.6 Å². The molecule has 0 spiro atoms. The zero-order valence-electron chi connectivity index (χ0n) is 17.0. The molecule has 0 aromatic carbocycles. The second kappa shape index (κ2) is 7.85. The van der Waals surface area contributed by atoms with Crippen LogP contribution in [0, 0.1) is 5.41 Å². The van der Waals surface area contributed by atoms with Crippen molar-refractivity contribution in [3.8, 4) is 0 Å². The van der Waals surface area contributed by atoms with Gasteiger partial charge in [-0.1, -0.05) is 12.1 Å². The summed E-state index contributed by atoms with van der Waals surface area (Å²) in [5.41, 5.74) is 0.155. The Morgan fingerprint density at radius 2 is 2.07 bits per heavy atom. The zero-order chi connectivity index (χ0) is 19.7. The third-order valence-corrected chi connectivity index (χ3v) is 6.90. The molecule has 2 N–H and O–H groups in total. The summed E-state index contributed by atoms with van der Waals surface area (Å²) in [6.45, 7) is 6.77. The first-order valence-corrected chi connectivity index (χ1v) is 10.8. The molecule has 2 saturated heterocycles. The molecule has 2 aliphatic heterocycles. The molecule has 7 heteroatoms. The first-order valence-electron chi connectivity index (χ1n) is 10.8. The Hall–Kier alpha value is -1.89. The van der Waals surface area contributed by atoms with E-state index in [0.717, 1.165) is 63.8 Å². The number of nitrogens with zero attached hydrogens (tertiary/aromatic N) is 2. The second-order valence-electron chi connectivity index (χ2n) is 8.82. The fraction of sp³-hybridized carbons (Fsp3) is 0.762. The fourth-order valence-electron chi connectivity index (χ4n) is 4.75. The molecule has 0 radical (unpaired) electrons. The number of hydrogen-bond donors (Lipinski definition) is 2. The van der Waals surface area contributed by atoms with Crippen molar-refractivity contribution in [3.63, 3.8) is 0 Å². The molecule has 3 heterocycles. The van der Waals surface area contributed by atoms with Crippen LogP contribution in [0.2, 0.25) is 0 Å². The molecule has 3 fully saturated rings. The lowest BCUT2D eigenvalue weighted by molar-refractivity contribution is -0.148. The van der Waals surface area contributed by atoms with Crippen LogP contribution in [0.25, 0.3) is 0 Å². The predicted octanol–water partition coefficient (Wildman–Crippen LogP) is 2.44. The summed E-state index contributed by atoms with van der Waals surface area (Å²) in [5.74, 6) is 1.41. The van der Waals surface area contributed by atoms with E-state index in [4.69, 9.17) is 4.52 Å². The highest BCUT2D eigenvalue weighted by atomic mass is 16.5. The van der Waals surface area contributed by atoms with E-state index in [1.807, 2.05) is 0 Å². The van der Waals surface area contributed by atoms with Crippen LogP contribution in [0.4, 0.5) is 0 Å². The molecular formula is C21H32N4O3. The lowest BCUT2D eigenvalue weighted by Crippen LogP contribution is -2.56. The van der Waals surface area contributed by atoms with E-state index in [2.05, 4.69) is 34.5 Å². The number of carbonyl (C=O) groups is 2. The zero-order valence-corrected chi connectivity index (χ0v) is 17.0. The van der Waals surface area contributed by atoms with Crippen molar-refractivity contribution in [1.29, 1.82) is 0 Å². The highest BCUT2D eigenvalue weighted by molar-refractivity contribution is 5.92. The minimum Gasteiger partial charge on any atom is -0.360 e. The Balaban J connectivity index is 1.34. The van der Waals surface area contributed by atoms with E-state index in [-0.39, 0.29) is 23.4 Å². The summed E-state index contributed by atoms with van der Waals surface area (Å²) in [5, 5.41) is 10.4. The van der Waals surface area contributed by atoms with Crippen molar-refractivity contribution >= 4 is 11.8 Å². The van der Waals surface area contributed by atoms with Gasteiger partial charge in [-0.05, 0) is 65.0 Å². The molecule has 1 aromatic heterocycles. The van der Waals surface area contributed by atoms with Crippen LogP contribution in [-0.2, 0) is 4.79 Å². The summed E-state index contributed by atoms with van der Waals surface area (Å²) in [7, 11) is 0. The molecule has 7 nitrogen and oxygen atoms in total. The largest absolute Gasteiger partial charge is 0.360 e. The molecule has 2 amide bonds. The summed E-state index contributed by atoms with van der Waals surface area (Å²) in [4.78, 5) is 27.9. The van der Waals surface area contributed by atoms with Crippen LogP contribution in [0.5, 0.6) is 0 Å². The molecule has 1 aromatic rings. The molecule has 28 heavy (non-hydrogen) atoms. The van der Waals surface area contributed by atoms with E-state index in [1.54, 1.807) is 6.07 Å². The topological polar surface area (TPSA) is 87.5 Å². The van der Waals surface area contributed by atoms with Crippen molar-refractivity contribution in [2.45, 2.75) is 76.8 Å². The van der Waals surface area contributed by atoms with Gasteiger partial charge in [0.1, 0.15) is 5.76 Å². The maximum atomic E-state index is 13.3. The first kappa shape index (κ1) is 19.4. The van der Waals surface area contributed by atoms with Crippen molar-refractivity contribution in [1.82, 2.24) is 20.7 Å². The van der Waals surface area contributed by atoms with E-state index in [0.29, 0.717) is 24.1 Å². The number of piperidine rings is 2. The van der Waals surface area contributed by atoms with Crippen LogP contribution in [0.15, 0.2) is 10.6 Å². The van der Waals surface area contributed by atoms with Crippen LogP contribution >= 0.6 is 0 Å². The van der Waals surface area contributed by atoms with Crippen LogP contribution in [0.1, 0.15) is 81.0 Å². The number of carbonyl (C=O) groups excluding carboxylic acids is 2. The average Bonchev–Trinajstić information content (AvgIpc) is 3.44. The van der Waals surface area contributed by atoms with Gasteiger partial charge in [0, 0.05) is 30.6 Å². The monoisotopic (exact) mass is 388 g/mol. The first-order chi connectivity index (χ1) is 13.5. The highest BCUT2D eigenvalue weighted by Crippen LogP contribution is 2.40. The van der Waals surface area contributed by atoms with E-state index < -0.39 is 0 Å². The van der Waals surface area contributed by atoms with Gasteiger partial charge >= 0.3 is 0 Å².